The van der Waals surface area contributed by atoms with Crippen LogP contribution in [0.1, 0.15) is 35.2 Å². The minimum absolute atomic E-state index is 0.0269. The molecule has 1 aliphatic heterocycles. The highest BCUT2D eigenvalue weighted by Gasteiger charge is 2.24. The number of nitrogens with zero attached hydrogens (tertiary/aromatic N) is 2. The van der Waals surface area contributed by atoms with E-state index in [4.69, 9.17) is 0 Å². The highest BCUT2D eigenvalue weighted by Crippen LogP contribution is 2.18. The average molecular weight is 340 g/mol. The molecule has 2 aromatic rings. The van der Waals surface area contributed by atoms with Gasteiger partial charge >= 0.3 is 0 Å². The first kappa shape index (κ1) is 17.2. The Morgan fingerprint density at radius 3 is 2.64 bits per heavy atom. The summed E-state index contributed by atoms with van der Waals surface area (Å²) in [6.07, 6.45) is 6.31. The van der Waals surface area contributed by atoms with E-state index in [1.807, 2.05) is 35.2 Å². The average Bonchev–Trinajstić information content (AvgIpc) is 3.20. The van der Waals surface area contributed by atoms with Crippen LogP contribution in [-0.4, -0.2) is 46.5 Å². The maximum atomic E-state index is 12.2. The Kier molecular flexibility index (Phi) is 5.82. The molecule has 1 aromatic heterocycles. The zero-order valence-corrected chi connectivity index (χ0v) is 14.3. The summed E-state index contributed by atoms with van der Waals surface area (Å²) in [6.45, 7) is 2.16. The van der Waals surface area contributed by atoms with Gasteiger partial charge in [0.15, 0.2) is 0 Å². The van der Waals surface area contributed by atoms with E-state index in [2.05, 4.69) is 15.5 Å². The Bertz CT molecular complexity index is 677. The maximum absolute atomic E-state index is 12.2. The second-order valence-corrected chi connectivity index (χ2v) is 6.51. The molecule has 0 spiro atoms. The standard InChI is InChI=1S/C19H24N4O2/c24-18(7-6-15-4-2-1-3-5-15)20-12-16-8-10-23(11-9-16)19(25)17-13-21-22-14-17/h1-5,13-14,16H,6-12H2,(H,20,24)(H,21,22). The number of carbonyl (C=O) groups excluding carboxylic acids is 2. The van der Waals surface area contributed by atoms with Crippen molar-refractivity contribution in [2.75, 3.05) is 19.6 Å². The van der Waals surface area contributed by atoms with E-state index < -0.39 is 0 Å². The molecule has 2 heterocycles. The van der Waals surface area contributed by atoms with Gasteiger partial charge in [0.05, 0.1) is 11.8 Å². The van der Waals surface area contributed by atoms with Gasteiger partial charge in [-0.05, 0) is 30.7 Å². The van der Waals surface area contributed by atoms with Gasteiger partial charge in [-0.25, -0.2) is 0 Å². The Labute approximate surface area is 147 Å². The first-order valence-electron chi connectivity index (χ1n) is 8.81. The number of likely N-dealkylation sites (tertiary alicyclic amines) is 1. The Hall–Kier alpha value is -2.63. The van der Waals surface area contributed by atoms with Crippen LogP contribution in [0, 0.1) is 5.92 Å². The largest absolute Gasteiger partial charge is 0.356 e. The molecule has 25 heavy (non-hydrogen) atoms. The topological polar surface area (TPSA) is 78.1 Å². The molecule has 0 aliphatic carbocycles. The number of aromatic amines is 1. The van der Waals surface area contributed by atoms with Crippen LogP contribution in [0.2, 0.25) is 0 Å². The summed E-state index contributed by atoms with van der Waals surface area (Å²) in [5, 5.41) is 9.53. The molecular formula is C19H24N4O2. The number of nitrogens with one attached hydrogen (secondary N) is 2. The van der Waals surface area contributed by atoms with Crippen molar-refractivity contribution in [3.63, 3.8) is 0 Å². The van der Waals surface area contributed by atoms with Crippen LogP contribution in [-0.2, 0) is 11.2 Å². The number of rotatable bonds is 6. The summed E-state index contributed by atoms with van der Waals surface area (Å²) in [5.74, 6) is 0.564. The Morgan fingerprint density at radius 1 is 1.20 bits per heavy atom. The highest BCUT2D eigenvalue weighted by molar-refractivity contribution is 5.93. The zero-order valence-electron chi connectivity index (χ0n) is 14.3. The third-order valence-electron chi connectivity index (χ3n) is 4.72. The third kappa shape index (κ3) is 4.92. The summed E-state index contributed by atoms with van der Waals surface area (Å²) < 4.78 is 0. The number of hydrogen-bond acceptors (Lipinski definition) is 3. The van der Waals surface area contributed by atoms with E-state index in [1.165, 1.54) is 5.56 Å². The van der Waals surface area contributed by atoms with Gasteiger partial charge in [-0.2, -0.15) is 5.10 Å². The van der Waals surface area contributed by atoms with Gasteiger partial charge in [-0.15, -0.1) is 0 Å². The van der Waals surface area contributed by atoms with Gasteiger partial charge in [-0.3, -0.25) is 14.7 Å². The first-order chi connectivity index (χ1) is 12.2. The van der Waals surface area contributed by atoms with Crippen molar-refractivity contribution in [2.24, 2.45) is 5.92 Å². The van der Waals surface area contributed by atoms with Crippen LogP contribution in [0.5, 0.6) is 0 Å². The van der Waals surface area contributed by atoms with E-state index in [9.17, 15) is 9.59 Å². The van der Waals surface area contributed by atoms with Crippen molar-refractivity contribution in [3.05, 3.63) is 53.9 Å². The van der Waals surface area contributed by atoms with Crippen molar-refractivity contribution in [2.45, 2.75) is 25.7 Å². The fourth-order valence-corrected chi connectivity index (χ4v) is 3.14. The monoisotopic (exact) mass is 340 g/mol. The van der Waals surface area contributed by atoms with Crippen LogP contribution in [0.4, 0.5) is 0 Å². The second-order valence-electron chi connectivity index (χ2n) is 6.51. The number of aromatic nitrogens is 2. The molecule has 0 unspecified atom stereocenters. The predicted octanol–water partition coefficient (Wildman–Crippen LogP) is 2.01. The number of benzene rings is 1. The molecule has 1 aromatic carbocycles. The number of aryl methyl sites for hydroxylation is 1. The molecule has 6 heteroatoms. The molecule has 6 nitrogen and oxygen atoms in total. The van der Waals surface area contributed by atoms with Gasteiger partial charge in [0.2, 0.25) is 5.91 Å². The molecule has 1 aliphatic rings. The first-order valence-corrected chi connectivity index (χ1v) is 8.81. The smallest absolute Gasteiger partial charge is 0.257 e. The Morgan fingerprint density at radius 2 is 1.96 bits per heavy atom. The molecule has 1 saturated heterocycles. The van der Waals surface area contributed by atoms with Crippen molar-refractivity contribution in [3.8, 4) is 0 Å². The van der Waals surface area contributed by atoms with Crippen LogP contribution in [0.15, 0.2) is 42.7 Å². The van der Waals surface area contributed by atoms with E-state index in [0.717, 1.165) is 32.4 Å². The van der Waals surface area contributed by atoms with E-state index in [-0.39, 0.29) is 11.8 Å². The molecule has 3 rings (SSSR count). The lowest BCUT2D eigenvalue weighted by molar-refractivity contribution is -0.121. The highest BCUT2D eigenvalue weighted by atomic mass is 16.2. The Balaban J connectivity index is 1.35. The predicted molar refractivity (Wildman–Crippen MR) is 95.0 cm³/mol. The summed E-state index contributed by atoms with van der Waals surface area (Å²) in [5.41, 5.74) is 1.79. The van der Waals surface area contributed by atoms with E-state index in [0.29, 0.717) is 24.4 Å². The van der Waals surface area contributed by atoms with E-state index >= 15 is 0 Å². The zero-order chi connectivity index (χ0) is 17.5. The number of carbonyl (C=O) groups is 2. The lowest BCUT2D eigenvalue weighted by atomic mass is 9.96. The minimum Gasteiger partial charge on any atom is -0.356 e. The van der Waals surface area contributed by atoms with Gasteiger partial charge in [0.25, 0.3) is 5.91 Å². The lowest BCUT2D eigenvalue weighted by Crippen LogP contribution is -2.41. The number of H-pyrrole nitrogens is 1. The summed E-state index contributed by atoms with van der Waals surface area (Å²) in [7, 11) is 0. The van der Waals surface area contributed by atoms with Gasteiger partial charge < -0.3 is 10.2 Å². The maximum Gasteiger partial charge on any atom is 0.257 e. The van der Waals surface area contributed by atoms with Gasteiger partial charge in [0, 0.05) is 32.3 Å². The third-order valence-corrected chi connectivity index (χ3v) is 4.72. The summed E-state index contributed by atoms with van der Waals surface area (Å²) >= 11 is 0. The molecule has 0 bridgehead atoms. The number of amides is 2. The minimum atomic E-state index is 0.0269. The quantitative estimate of drug-likeness (QED) is 0.844. The van der Waals surface area contributed by atoms with Crippen LogP contribution < -0.4 is 5.32 Å². The van der Waals surface area contributed by atoms with Crippen LogP contribution >= 0.6 is 0 Å². The van der Waals surface area contributed by atoms with Crippen molar-refractivity contribution >= 4 is 11.8 Å². The molecule has 2 amide bonds. The number of hydrogen-bond donors (Lipinski definition) is 2. The van der Waals surface area contributed by atoms with Crippen molar-refractivity contribution in [1.82, 2.24) is 20.4 Å². The van der Waals surface area contributed by atoms with Crippen molar-refractivity contribution in [1.29, 1.82) is 0 Å². The molecular weight excluding hydrogens is 316 g/mol. The lowest BCUT2D eigenvalue weighted by Gasteiger charge is -2.31. The molecule has 0 radical (unpaired) electrons. The van der Waals surface area contributed by atoms with Crippen LogP contribution in [0.3, 0.4) is 0 Å². The molecule has 2 N–H and O–H groups in total. The number of piperidine rings is 1. The van der Waals surface area contributed by atoms with Crippen LogP contribution in [0.25, 0.3) is 0 Å². The molecule has 0 atom stereocenters. The van der Waals surface area contributed by atoms with E-state index in [1.54, 1.807) is 12.4 Å². The normalized spacial score (nSPS) is 15.1. The van der Waals surface area contributed by atoms with Crippen molar-refractivity contribution < 1.29 is 9.59 Å². The molecule has 1 fully saturated rings. The van der Waals surface area contributed by atoms with Gasteiger partial charge in [-0.1, -0.05) is 30.3 Å². The fourth-order valence-electron chi connectivity index (χ4n) is 3.14. The molecule has 132 valence electrons. The fraction of sp³-hybridized carbons (Fsp3) is 0.421. The second kappa shape index (κ2) is 8.46. The summed E-state index contributed by atoms with van der Waals surface area (Å²) in [4.78, 5) is 26.1. The van der Waals surface area contributed by atoms with Gasteiger partial charge in [0.1, 0.15) is 0 Å². The molecule has 0 saturated carbocycles. The summed E-state index contributed by atoms with van der Waals surface area (Å²) in [6, 6.07) is 10.0. The SMILES string of the molecule is O=C(CCc1ccccc1)NCC1CCN(C(=O)c2cn[nH]c2)CC1.